The Hall–Kier alpha value is -3.75. The van der Waals surface area contributed by atoms with Crippen LogP contribution in [0.5, 0.6) is 5.75 Å². The molecule has 142 valence electrons. The fourth-order valence-electron chi connectivity index (χ4n) is 2.07. The summed E-state index contributed by atoms with van der Waals surface area (Å²) < 4.78 is 40.2. The minimum Gasteiger partial charge on any atom is -0.406 e. The van der Waals surface area contributed by atoms with E-state index in [4.69, 9.17) is 5.73 Å². The third kappa shape index (κ3) is 5.90. The van der Waals surface area contributed by atoms with Crippen LogP contribution in [0.4, 0.5) is 41.6 Å². The smallest absolute Gasteiger partial charge is 0.406 e. The van der Waals surface area contributed by atoms with E-state index >= 15 is 0 Å². The standard InChI is InChI=1S/C19H14F3N5O/c20-19(21,22)28-18-11-9-17(10-12-18)27-26-16-7-5-15(6-8-16)25-24-14-3-1-13(23)2-4-14/h1-12H,23H2. The molecule has 6 nitrogen and oxygen atoms in total. The zero-order chi connectivity index (χ0) is 20.0. The van der Waals surface area contributed by atoms with Gasteiger partial charge in [-0.05, 0) is 72.8 Å². The Labute approximate surface area is 158 Å². The molecule has 0 aliphatic rings. The zero-order valence-corrected chi connectivity index (χ0v) is 14.3. The van der Waals surface area contributed by atoms with Gasteiger partial charge in [-0.25, -0.2) is 0 Å². The molecule has 0 atom stereocenters. The molecule has 3 aromatic carbocycles. The SMILES string of the molecule is Nc1ccc(N=Nc2ccc(N=Nc3ccc(OC(F)(F)F)cc3)cc2)cc1. The molecular formula is C19H14F3N5O. The van der Waals surface area contributed by atoms with Crippen molar-refractivity contribution >= 4 is 28.4 Å². The summed E-state index contributed by atoms with van der Waals surface area (Å²) in [4.78, 5) is 0. The Kier molecular flexibility index (Phi) is 5.64. The van der Waals surface area contributed by atoms with E-state index in [1.807, 2.05) is 0 Å². The topological polar surface area (TPSA) is 84.7 Å². The van der Waals surface area contributed by atoms with Crippen LogP contribution in [0.1, 0.15) is 0 Å². The first-order valence-corrected chi connectivity index (χ1v) is 8.02. The quantitative estimate of drug-likeness (QED) is 0.379. The van der Waals surface area contributed by atoms with E-state index in [0.717, 1.165) is 0 Å². The lowest BCUT2D eigenvalue weighted by atomic mass is 10.3. The third-order valence-corrected chi connectivity index (χ3v) is 3.37. The van der Waals surface area contributed by atoms with Crippen LogP contribution in [0.15, 0.2) is 93.3 Å². The molecule has 0 amide bonds. The molecule has 0 saturated carbocycles. The van der Waals surface area contributed by atoms with Gasteiger partial charge in [0.2, 0.25) is 0 Å². The average Bonchev–Trinajstić information content (AvgIpc) is 2.67. The second-order valence-electron chi connectivity index (χ2n) is 5.55. The second-order valence-corrected chi connectivity index (χ2v) is 5.55. The van der Waals surface area contributed by atoms with Crippen molar-refractivity contribution in [2.45, 2.75) is 6.36 Å². The van der Waals surface area contributed by atoms with Gasteiger partial charge in [-0.1, -0.05) is 0 Å². The molecule has 0 spiro atoms. The lowest BCUT2D eigenvalue weighted by Crippen LogP contribution is -2.16. The van der Waals surface area contributed by atoms with E-state index in [9.17, 15) is 13.2 Å². The monoisotopic (exact) mass is 385 g/mol. The Morgan fingerprint density at radius 2 is 0.893 bits per heavy atom. The van der Waals surface area contributed by atoms with Gasteiger partial charge >= 0.3 is 6.36 Å². The summed E-state index contributed by atoms with van der Waals surface area (Å²) in [5, 5.41) is 16.2. The molecule has 0 unspecified atom stereocenters. The number of ether oxygens (including phenoxy) is 1. The van der Waals surface area contributed by atoms with Gasteiger partial charge in [0.15, 0.2) is 0 Å². The Bertz CT molecular complexity index is 966. The number of halogens is 3. The molecule has 9 heteroatoms. The van der Waals surface area contributed by atoms with Gasteiger partial charge in [0, 0.05) is 5.69 Å². The van der Waals surface area contributed by atoms with E-state index in [-0.39, 0.29) is 5.75 Å². The van der Waals surface area contributed by atoms with E-state index < -0.39 is 6.36 Å². The highest BCUT2D eigenvalue weighted by Gasteiger charge is 2.30. The number of rotatable bonds is 5. The maximum absolute atomic E-state index is 12.1. The van der Waals surface area contributed by atoms with Crippen LogP contribution in [0, 0.1) is 0 Å². The summed E-state index contributed by atoms with van der Waals surface area (Å²) >= 11 is 0. The van der Waals surface area contributed by atoms with Gasteiger partial charge < -0.3 is 10.5 Å². The molecule has 0 saturated heterocycles. The van der Waals surface area contributed by atoms with Gasteiger partial charge in [0.25, 0.3) is 0 Å². The van der Waals surface area contributed by atoms with Crippen molar-refractivity contribution in [1.29, 1.82) is 0 Å². The first-order chi connectivity index (χ1) is 13.4. The highest BCUT2D eigenvalue weighted by atomic mass is 19.4. The van der Waals surface area contributed by atoms with Crippen LogP contribution in [-0.4, -0.2) is 6.36 Å². The van der Waals surface area contributed by atoms with Crippen molar-refractivity contribution in [1.82, 2.24) is 0 Å². The van der Waals surface area contributed by atoms with Crippen LogP contribution in [0.25, 0.3) is 0 Å². The molecular weight excluding hydrogens is 371 g/mol. The summed E-state index contributed by atoms with van der Waals surface area (Å²) in [5.74, 6) is -0.317. The molecule has 0 aromatic heterocycles. The predicted octanol–water partition coefficient (Wildman–Crippen LogP) is 7.00. The summed E-state index contributed by atoms with van der Waals surface area (Å²) in [7, 11) is 0. The van der Waals surface area contributed by atoms with Crippen LogP contribution in [-0.2, 0) is 0 Å². The Morgan fingerprint density at radius 3 is 1.25 bits per heavy atom. The average molecular weight is 385 g/mol. The lowest BCUT2D eigenvalue weighted by molar-refractivity contribution is -0.274. The number of nitrogens with two attached hydrogens (primary N) is 1. The third-order valence-electron chi connectivity index (χ3n) is 3.37. The van der Waals surface area contributed by atoms with Gasteiger partial charge in [-0.2, -0.15) is 20.5 Å². The lowest BCUT2D eigenvalue weighted by Gasteiger charge is -2.07. The first kappa shape index (κ1) is 19.0. The second kappa shape index (κ2) is 8.30. The predicted molar refractivity (Wildman–Crippen MR) is 98.8 cm³/mol. The van der Waals surface area contributed by atoms with Crippen molar-refractivity contribution in [2.75, 3.05) is 5.73 Å². The number of alkyl halides is 3. The largest absolute Gasteiger partial charge is 0.573 e. The maximum atomic E-state index is 12.1. The minimum absolute atomic E-state index is 0.317. The van der Waals surface area contributed by atoms with Crippen molar-refractivity contribution in [3.8, 4) is 5.75 Å². The van der Waals surface area contributed by atoms with Gasteiger partial charge in [-0.3, -0.25) is 0 Å². The molecule has 0 heterocycles. The fraction of sp³-hybridized carbons (Fsp3) is 0.0526. The first-order valence-electron chi connectivity index (χ1n) is 8.02. The van der Waals surface area contributed by atoms with Crippen molar-refractivity contribution in [2.24, 2.45) is 20.5 Å². The molecule has 0 bridgehead atoms. The number of azo groups is 2. The summed E-state index contributed by atoms with van der Waals surface area (Å²) in [6.07, 6.45) is -4.73. The van der Waals surface area contributed by atoms with Crippen molar-refractivity contribution in [3.05, 3.63) is 72.8 Å². The summed E-state index contributed by atoms with van der Waals surface area (Å²) in [6.45, 7) is 0. The van der Waals surface area contributed by atoms with E-state index in [1.165, 1.54) is 24.3 Å². The molecule has 0 radical (unpaired) electrons. The molecule has 3 rings (SSSR count). The molecule has 0 aliphatic carbocycles. The van der Waals surface area contributed by atoms with E-state index in [1.54, 1.807) is 48.5 Å². The molecule has 2 N–H and O–H groups in total. The van der Waals surface area contributed by atoms with E-state index in [0.29, 0.717) is 28.4 Å². The minimum atomic E-state index is -4.73. The van der Waals surface area contributed by atoms with Crippen LogP contribution < -0.4 is 10.5 Å². The van der Waals surface area contributed by atoms with Gasteiger partial charge in [0.1, 0.15) is 5.75 Å². The molecule has 28 heavy (non-hydrogen) atoms. The Morgan fingerprint density at radius 1 is 0.571 bits per heavy atom. The van der Waals surface area contributed by atoms with Crippen molar-refractivity contribution < 1.29 is 17.9 Å². The van der Waals surface area contributed by atoms with Crippen molar-refractivity contribution in [3.63, 3.8) is 0 Å². The van der Waals surface area contributed by atoms with Gasteiger partial charge in [-0.15, -0.1) is 13.2 Å². The summed E-state index contributed by atoms with van der Waals surface area (Å²) in [6, 6.07) is 18.9. The zero-order valence-electron chi connectivity index (χ0n) is 14.3. The van der Waals surface area contributed by atoms with Crippen LogP contribution >= 0.6 is 0 Å². The van der Waals surface area contributed by atoms with E-state index in [2.05, 4.69) is 25.2 Å². The maximum Gasteiger partial charge on any atom is 0.573 e. The molecule has 0 aliphatic heterocycles. The number of anilines is 1. The molecule has 3 aromatic rings. The number of hydrogen-bond donors (Lipinski definition) is 1. The molecule has 0 fully saturated rings. The van der Waals surface area contributed by atoms with Gasteiger partial charge in [0.05, 0.1) is 22.7 Å². The normalized spacial score (nSPS) is 12.0. The fourth-order valence-corrected chi connectivity index (χ4v) is 2.07. The number of benzene rings is 3. The number of hydrogen-bond acceptors (Lipinski definition) is 6. The Balaban J connectivity index is 1.61. The van der Waals surface area contributed by atoms with Crippen LogP contribution in [0.3, 0.4) is 0 Å². The number of nitrogen functional groups attached to an aromatic ring is 1. The highest BCUT2D eigenvalue weighted by molar-refractivity contribution is 5.50. The number of nitrogens with zero attached hydrogens (tertiary/aromatic N) is 4. The van der Waals surface area contributed by atoms with Crippen LogP contribution in [0.2, 0.25) is 0 Å². The summed E-state index contributed by atoms with van der Waals surface area (Å²) in [5.41, 5.74) is 8.51. The highest BCUT2D eigenvalue weighted by Crippen LogP contribution is 2.27.